The van der Waals surface area contributed by atoms with Gasteiger partial charge in [-0.3, -0.25) is 14.4 Å². The molecule has 6 heteroatoms. The van der Waals surface area contributed by atoms with E-state index in [2.05, 4.69) is 0 Å². The van der Waals surface area contributed by atoms with Gasteiger partial charge in [0, 0.05) is 19.8 Å². The molecule has 17 heavy (non-hydrogen) atoms. The minimum Gasteiger partial charge on any atom is -0.462 e. The lowest BCUT2D eigenvalue weighted by Crippen LogP contribution is -2.30. The van der Waals surface area contributed by atoms with Gasteiger partial charge in [-0.25, -0.2) is 0 Å². The third kappa shape index (κ3) is 8.24. The molecule has 98 valence electrons. The minimum absolute atomic E-state index is 0.105. The Morgan fingerprint density at radius 1 is 0.941 bits per heavy atom. The highest BCUT2D eigenvalue weighted by Gasteiger charge is 2.17. The van der Waals surface area contributed by atoms with Crippen LogP contribution in [-0.4, -0.2) is 37.2 Å². The van der Waals surface area contributed by atoms with Crippen molar-refractivity contribution in [3.05, 3.63) is 0 Å². The Morgan fingerprint density at radius 3 is 1.94 bits per heavy atom. The highest BCUT2D eigenvalue weighted by Crippen LogP contribution is 2.00. The average molecular weight is 246 g/mol. The molecule has 1 atom stereocenters. The first-order valence-corrected chi connectivity index (χ1v) is 5.48. The van der Waals surface area contributed by atoms with Crippen molar-refractivity contribution in [2.24, 2.45) is 0 Å². The van der Waals surface area contributed by atoms with Crippen molar-refractivity contribution < 1.29 is 28.6 Å². The SMILES string of the molecule is CCC(=O)OCC(COC(C)=O)OC(=O)CC. The van der Waals surface area contributed by atoms with E-state index >= 15 is 0 Å². The smallest absolute Gasteiger partial charge is 0.306 e. The van der Waals surface area contributed by atoms with Gasteiger partial charge in [0.25, 0.3) is 0 Å². The Labute approximate surface area is 100 Å². The Morgan fingerprint density at radius 2 is 1.47 bits per heavy atom. The molecule has 0 aromatic rings. The zero-order chi connectivity index (χ0) is 13.3. The van der Waals surface area contributed by atoms with Crippen molar-refractivity contribution in [1.29, 1.82) is 0 Å². The third-order valence-corrected chi connectivity index (χ3v) is 1.78. The molecule has 0 aromatic heterocycles. The summed E-state index contributed by atoms with van der Waals surface area (Å²) in [6.07, 6.45) is -0.304. The first-order chi connectivity index (χ1) is 7.99. The van der Waals surface area contributed by atoms with E-state index in [9.17, 15) is 14.4 Å². The highest BCUT2D eigenvalue weighted by atomic mass is 16.6. The molecule has 0 N–H and O–H groups in total. The zero-order valence-corrected chi connectivity index (χ0v) is 10.4. The number of rotatable bonds is 7. The second-order valence-corrected chi connectivity index (χ2v) is 3.30. The summed E-state index contributed by atoms with van der Waals surface area (Å²) in [7, 11) is 0. The lowest BCUT2D eigenvalue weighted by molar-refractivity contribution is -0.165. The monoisotopic (exact) mass is 246 g/mol. The van der Waals surface area contributed by atoms with Crippen LogP contribution >= 0.6 is 0 Å². The van der Waals surface area contributed by atoms with Gasteiger partial charge in [-0.05, 0) is 0 Å². The van der Waals surface area contributed by atoms with Crippen LogP contribution < -0.4 is 0 Å². The second kappa shape index (κ2) is 8.55. The third-order valence-electron chi connectivity index (χ3n) is 1.78. The van der Waals surface area contributed by atoms with Crippen molar-refractivity contribution in [3.8, 4) is 0 Å². The molecule has 0 radical (unpaired) electrons. The van der Waals surface area contributed by atoms with Crippen LogP contribution in [0.15, 0.2) is 0 Å². The molecule has 0 rings (SSSR count). The van der Waals surface area contributed by atoms with Gasteiger partial charge in [-0.15, -0.1) is 0 Å². The standard InChI is InChI=1S/C11H18O6/c1-4-10(13)16-7-9(6-15-8(3)12)17-11(14)5-2/h9H,4-7H2,1-3H3. The summed E-state index contributed by atoms with van der Waals surface area (Å²) in [5, 5.41) is 0. The maximum atomic E-state index is 11.1. The van der Waals surface area contributed by atoms with E-state index in [1.54, 1.807) is 13.8 Å². The van der Waals surface area contributed by atoms with Gasteiger partial charge in [0.2, 0.25) is 0 Å². The van der Waals surface area contributed by atoms with Crippen LogP contribution in [0.1, 0.15) is 33.6 Å². The highest BCUT2D eigenvalue weighted by molar-refractivity contribution is 5.70. The Bertz CT molecular complexity index is 273. The van der Waals surface area contributed by atoms with Crippen LogP contribution in [0.25, 0.3) is 0 Å². The van der Waals surface area contributed by atoms with E-state index in [0.717, 1.165) is 0 Å². The first-order valence-electron chi connectivity index (χ1n) is 5.48. The number of hydrogen-bond donors (Lipinski definition) is 0. The minimum atomic E-state index is -0.748. The van der Waals surface area contributed by atoms with Gasteiger partial charge in [0.05, 0.1) is 0 Å². The van der Waals surface area contributed by atoms with Crippen molar-refractivity contribution >= 4 is 17.9 Å². The molecule has 0 heterocycles. The molecular formula is C11H18O6. The van der Waals surface area contributed by atoms with Crippen LogP contribution in [0.2, 0.25) is 0 Å². The molecule has 0 aliphatic carbocycles. The van der Waals surface area contributed by atoms with E-state index in [0.29, 0.717) is 0 Å². The summed E-state index contributed by atoms with van der Waals surface area (Å²) in [4.78, 5) is 32.6. The van der Waals surface area contributed by atoms with Crippen molar-refractivity contribution in [3.63, 3.8) is 0 Å². The number of carbonyl (C=O) groups is 3. The van der Waals surface area contributed by atoms with Crippen LogP contribution in [0.5, 0.6) is 0 Å². The lowest BCUT2D eigenvalue weighted by atomic mass is 10.4. The molecule has 0 bridgehead atoms. The quantitative estimate of drug-likeness (QED) is 0.489. The summed E-state index contributed by atoms with van der Waals surface area (Å²) in [5.74, 6) is -1.32. The molecule has 6 nitrogen and oxygen atoms in total. The molecule has 0 aliphatic heterocycles. The van der Waals surface area contributed by atoms with Gasteiger partial charge in [0.15, 0.2) is 6.10 Å². The molecule has 0 saturated heterocycles. The van der Waals surface area contributed by atoms with Crippen molar-refractivity contribution in [2.75, 3.05) is 13.2 Å². The van der Waals surface area contributed by atoms with Crippen LogP contribution in [-0.2, 0) is 28.6 Å². The Kier molecular flexibility index (Phi) is 7.75. The van der Waals surface area contributed by atoms with E-state index in [1.807, 2.05) is 0 Å². The second-order valence-electron chi connectivity index (χ2n) is 3.30. The molecule has 0 saturated carbocycles. The predicted octanol–water partition coefficient (Wildman–Crippen LogP) is 0.825. The van der Waals surface area contributed by atoms with Gasteiger partial charge in [-0.2, -0.15) is 0 Å². The normalized spacial score (nSPS) is 11.5. The topological polar surface area (TPSA) is 78.9 Å². The molecule has 0 fully saturated rings. The summed E-state index contributed by atoms with van der Waals surface area (Å²) in [5.41, 5.74) is 0. The molecule has 0 spiro atoms. The summed E-state index contributed by atoms with van der Waals surface area (Å²) >= 11 is 0. The summed E-state index contributed by atoms with van der Waals surface area (Å²) in [6, 6.07) is 0. The van der Waals surface area contributed by atoms with Gasteiger partial charge in [-0.1, -0.05) is 13.8 Å². The number of esters is 3. The number of carbonyl (C=O) groups excluding carboxylic acids is 3. The Hall–Kier alpha value is -1.59. The fraction of sp³-hybridized carbons (Fsp3) is 0.727. The van der Waals surface area contributed by atoms with Crippen LogP contribution in [0.3, 0.4) is 0 Å². The van der Waals surface area contributed by atoms with E-state index in [1.165, 1.54) is 6.92 Å². The summed E-state index contributed by atoms with van der Waals surface area (Å²) < 4.78 is 14.5. The maximum Gasteiger partial charge on any atom is 0.306 e. The van der Waals surface area contributed by atoms with Gasteiger partial charge < -0.3 is 14.2 Å². The molecular weight excluding hydrogens is 228 g/mol. The van der Waals surface area contributed by atoms with E-state index in [4.69, 9.17) is 14.2 Å². The lowest BCUT2D eigenvalue weighted by Gasteiger charge is -2.17. The predicted molar refractivity (Wildman–Crippen MR) is 58.1 cm³/mol. The van der Waals surface area contributed by atoms with Gasteiger partial charge in [0.1, 0.15) is 13.2 Å². The van der Waals surface area contributed by atoms with Crippen LogP contribution in [0, 0.1) is 0 Å². The molecule has 0 amide bonds. The Balaban J connectivity index is 4.14. The van der Waals surface area contributed by atoms with Crippen molar-refractivity contribution in [1.82, 2.24) is 0 Å². The summed E-state index contributed by atoms with van der Waals surface area (Å²) in [6.45, 7) is 4.32. The van der Waals surface area contributed by atoms with E-state index < -0.39 is 24.0 Å². The average Bonchev–Trinajstić information content (AvgIpc) is 2.31. The molecule has 0 aromatic carbocycles. The largest absolute Gasteiger partial charge is 0.462 e. The first kappa shape index (κ1) is 15.4. The van der Waals surface area contributed by atoms with Crippen LogP contribution in [0.4, 0.5) is 0 Å². The number of hydrogen-bond acceptors (Lipinski definition) is 6. The zero-order valence-electron chi connectivity index (χ0n) is 10.4. The molecule has 1 unspecified atom stereocenters. The van der Waals surface area contributed by atoms with Gasteiger partial charge >= 0.3 is 17.9 Å². The maximum absolute atomic E-state index is 11.1. The molecule has 0 aliphatic rings. The fourth-order valence-corrected chi connectivity index (χ4v) is 0.884. The van der Waals surface area contributed by atoms with E-state index in [-0.39, 0.29) is 26.1 Å². The number of ether oxygens (including phenoxy) is 3. The van der Waals surface area contributed by atoms with Crippen molar-refractivity contribution in [2.45, 2.75) is 39.7 Å². The fourth-order valence-electron chi connectivity index (χ4n) is 0.884.